The van der Waals surface area contributed by atoms with Gasteiger partial charge in [0.1, 0.15) is 23.1 Å². The van der Waals surface area contributed by atoms with Crippen LogP contribution in [0.25, 0.3) is 0 Å². The van der Waals surface area contributed by atoms with Gasteiger partial charge in [0.05, 0.1) is 19.3 Å². The number of nitrogens with zero attached hydrogens (tertiary/aromatic N) is 1. The van der Waals surface area contributed by atoms with Crippen LogP contribution < -0.4 is 4.74 Å². The van der Waals surface area contributed by atoms with Gasteiger partial charge in [-0.2, -0.15) is 12.6 Å². The van der Waals surface area contributed by atoms with E-state index in [4.69, 9.17) is 19.2 Å². The average Bonchev–Trinajstić information content (AvgIpc) is 3.44. The highest BCUT2D eigenvalue weighted by atomic mass is 32.1. The maximum Gasteiger partial charge on any atom is 0.123 e. The number of rotatable bonds is 4. The van der Waals surface area contributed by atoms with Crippen molar-refractivity contribution < 1.29 is 19.3 Å². The molecule has 3 aliphatic rings. The molecule has 2 aliphatic heterocycles. The van der Waals surface area contributed by atoms with Gasteiger partial charge in [-0.3, -0.25) is 4.98 Å². The maximum absolute atomic E-state index is 11.5. The van der Waals surface area contributed by atoms with E-state index in [0.29, 0.717) is 13.2 Å². The first-order valence-electron chi connectivity index (χ1n) is 15.5. The quantitative estimate of drug-likeness (QED) is 0.351. The molecule has 1 aromatic carbocycles. The Bertz CT molecular complexity index is 1150. The highest BCUT2D eigenvalue weighted by molar-refractivity contribution is 7.79. The Morgan fingerprint density at radius 2 is 1.68 bits per heavy atom. The number of thiol groups is 1. The number of aromatic nitrogens is 1. The normalized spacial score (nSPS) is 26.0. The molecule has 4 unspecified atom stereocenters. The smallest absolute Gasteiger partial charge is 0.123 e. The van der Waals surface area contributed by atoms with Crippen molar-refractivity contribution in [3.63, 3.8) is 0 Å². The number of unbranched alkanes of at least 4 members (excludes halogenated alkanes) is 1. The van der Waals surface area contributed by atoms with Crippen LogP contribution >= 0.6 is 12.6 Å². The number of fused-ring (bicyclic) bond motifs is 4. The molecule has 5 nitrogen and oxygen atoms in total. The molecule has 0 saturated carbocycles. The summed E-state index contributed by atoms with van der Waals surface area (Å²) < 4.78 is 19.2. The molecule has 1 saturated heterocycles. The van der Waals surface area contributed by atoms with E-state index in [9.17, 15) is 5.11 Å². The number of aliphatic hydroxyl groups is 1. The molecule has 1 aromatic heterocycles. The zero-order valence-corrected chi connectivity index (χ0v) is 28.3. The Hall–Kier alpha value is -1.60. The first kappa shape index (κ1) is 33.9. The Labute approximate surface area is 255 Å². The van der Waals surface area contributed by atoms with Crippen LogP contribution in [0, 0.1) is 11.3 Å². The zero-order valence-electron chi connectivity index (χ0n) is 27.4. The monoisotopic (exact) mass is 585 g/mol. The first-order chi connectivity index (χ1) is 19.2. The molecule has 1 N–H and O–H groups in total. The van der Waals surface area contributed by atoms with E-state index in [1.807, 2.05) is 12.1 Å². The average molecular weight is 586 g/mol. The van der Waals surface area contributed by atoms with Crippen LogP contribution in [0.5, 0.6) is 5.75 Å². The van der Waals surface area contributed by atoms with Crippen LogP contribution in [0.3, 0.4) is 0 Å². The third-order valence-corrected chi connectivity index (χ3v) is 8.25. The lowest BCUT2D eigenvalue weighted by molar-refractivity contribution is -0.0841. The number of aliphatic hydroxyl groups excluding tert-OH is 1. The molecule has 4 atom stereocenters. The first-order valence-corrected chi connectivity index (χ1v) is 16.4. The number of pyridine rings is 1. The fourth-order valence-corrected chi connectivity index (χ4v) is 6.25. The van der Waals surface area contributed by atoms with E-state index in [-0.39, 0.29) is 29.0 Å². The molecule has 1 spiro atoms. The predicted molar refractivity (Wildman–Crippen MR) is 172 cm³/mol. The van der Waals surface area contributed by atoms with Crippen molar-refractivity contribution >= 4 is 12.6 Å². The molecular formula is C35H55NO4S. The van der Waals surface area contributed by atoms with E-state index in [1.54, 1.807) is 6.26 Å². The van der Waals surface area contributed by atoms with Gasteiger partial charge in [-0.15, -0.1) is 0 Å². The fraction of sp³-hybridized carbons (Fsp3) is 0.686. The summed E-state index contributed by atoms with van der Waals surface area (Å²) in [6, 6.07) is 8.28. The van der Waals surface area contributed by atoms with E-state index >= 15 is 0 Å². The lowest BCUT2D eigenvalue weighted by atomic mass is 9.69. The lowest BCUT2D eigenvalue weighted by Gasteiger charge is -2.38. The van der Waals surface area contributed by atoms with E-state index in [2.05, 4.69) is 94.0 Å². The second-order valence-corrected chi connectivity index (χ2v) is 13.9. The number of benzene rings is 1. The SMILES string of the molecule is CC(C)c1nc2c(c3c1C(c1ccc(OC(C)(C)C)cc1)OC31COCC1C)C(O)CC(C)(C)C2.CCCC.CS. The summed E-state index contributed by atoms with van der Waals surface area (Å²) in [6.45, 7) is 22.7. The van der Waals surface area contributed by atoms with Gasteiger partial charge >= 0.3 is 0 Å². The van der Waals surface area contributed by atoms with Crippen LogP contribution in [-0.2, 0) is 21.5 Å². The van der Waals surface area contributed by atoms with Crippen LogP contribution in [-0.4, -0.2) is 35.2 Å². The topological polar surface area (TPSA) is 60.8 Å². The van der Waals surface area contributed by atoms with Gasteiger partial charge in [0.25, 0.3) is 0 Å². The predicted octanol–water partition coefficient (Wildman–Crippen LogP) is 8.72. The van der Waals surface area contributed by atoms with Crippen molar-refractivity contribution in [2.24, 2.45) is 11.3 Å². The molecule has 0 bridgehead atoms. The second kappa shape index (κ2) is 13.4. The second-order valence-electron chi connectivity index (χ2n) is 13.9. The number of ether oxygens (including phenoxy) is 3. The molecule has 0 radical (unpaired) electrons. The minimum atomic E-state index is -0.570. The van der Waals surface area contributed by atoms with Gasteiger partial charge in [-0.05, 0) is 68.9 Å². The summed E-state index contributed by atoms with van der Waals surface area (Å²) in [5.41, 5.74) is 5.67. The lowest BCUT2D eigenvalue weighted by Crippen LogP contribution is -2.37. The van der Waals surface area contributed by atoms with Crippen molar-refractivity contribution in [3.05, 3.63) is 57.9 Å². The van der Waals surface area contributed by atoms with Crippen LogP contribution in [0.15, 0.2) is 24.3 Å². The highest BCUT2D eigenvalue weighted by Crippen LogP contribution is 2.58. The molecule has 1 fully saturated rings. The standard InChI is InChI=1S/C30H41NO4.C4H10.CH4S/c1-17(2)26-24-25(23-21(31-26)13-29(7,8)14-22(23)32)30(16-33-15-18(30)3)35-27(24)19-9-11-20(12-10-19)34-28(4,5)6;1-3-4-2;1-2/h9-12,17-18,22,27,32H,13-16H2,1-8H3;3-4H2,1-2H3;2H,1H3. The number of hydrogen-bond acceptors (Lipinski definition) is 6. The molecular weight excluding hydrogens is 530 g/mol. The van der Waals surface area contributed by atoms with Crippen molar-refractivity contribution in [3.8, 4) is 5.75 Å². The van der Waals surface area contributed by atoms with Gasteiger partial charge in [0.2, 0.25) is 0 Å². The maximum atomic E-state index is 11.5. The van der Waals surface area contributed by atoms with E-state index in [0.717, 1.165) is 52.2 Å². The van der Waals surface area contributed by atoms with Gasteiger partial charge in [-0.1, -0.05) is 73.4 Å². The minimum absolute atomic E-state index is 0.00854. The molecule has 6 heteroatoms. The Kier molecular flexibility index (Phi) is 11.0. The summed E-state index contributed by atoms with van der Waals surface area (Å²) >= 11 is 3.53. The van der Waals surface area contributed by atoms with Gasteiger partial charge in [-0.25, -0.2) is 0 Å². The molecule has 41 heavy (non-hydrogen) atoms. The largest absolute Gasteiger partial charge is 0.488 e. The van der Waals surface area contributed by atoms with E-state index < -0.39 is 11.7 Å². The molecule has 2 aromatic rings. The molecule has 3 heterocycles. The van der Waals surface area contributed by atoms with Crippen LogP contribution in [0.4, 0.5) is 0 Å². The summed E-state index contributed by atoms with van der Waals surface area (Å²) in [4.78, 5) is 5.25. The van der Waals surface area contributed by atoms with Crippen molar-refractivity contribution in [2.75, 3.05) is 19.5 Å². The van der Waals surface area contributed by atoms with Gasteiger partial charge in [0, 0.05) is 34.0 Å². The van der Waals surface area contributed by atoms with Crippen molar-refractivity contribution in [2.45, 2.75) is 124 Å². The van der Waals surface area contributed by atoms with Crippen molar-refractivity contribution in [1.29, 1.82) is 0 Å². The molecule has 1 aliphatic carbocycles. The van der Waals surface area contributed by atoms with Gasteiger partial charge in [0.15, 0.2) is 0 Å². The van der Waals surface area contributed by atoms with Crippen molar-refractivity contribution in [1.82, 2.24) is 4.98 Å². The zero-order chi connectivity index (χ0) is 30.8. The van der Waals surface area contributed by atoms with E-state index in [1.165, 1.54) is 12.8 Å². The fourth-order valence-electron chi connectivity index (χ4n) is 6.25. The highest BCUT2D eigenvalue weighted by Gasteiger charge is 2.56. The summed E-state index contributed by atoms with van der Waals surface area (Å²) in [5, 5.41) is 11.5. The van der Waals surface area contributed by atoms with Crippen LogP contribution in [0.1, 0.15) is 140 Å². The Balaban J connectivity index is 0.000000710. The minimum Gasteiger partial charge on any atom is -0.488 e. The van der Waals surface area contributed by atoms with Crippen LogP contribution in [0.2, 0.25) is 0 Å². The summed E-state index contributed by atoms with van der Waals surface area (Å²) in [6.07, 6.45) is 5.12. The summed E-state index contributed by atoms with van der Waals surface area (Å²) in [5.74, 6) is 1.26. The Morgan fingerprint density at radius 1 is 1.07 bits per heavy atom. The Morgan fingerprint density at radius 3 is 2.17 bits per heavy atom. The third kappa shape index (κ3) is 7.14. The number of hydrogen-bond donors (Lipinski definition) is 2. The third-order valence-electron chi connectivity index (χ3n) is 8.25. The molecule has 0 amide bonds. The van der Waals surface area contributed by atoms with Gasteiger partial charge < -0.3 is 19.3 Å². The molecule has 5 rings (SSSR count). The molecule has 230 valence electrons. The summed E-state index contributed by atoms with van der Waals surface area (Å²) in [7, 11) is 0.